The molecule has 0 saturated carbocycles. The molecule has 4 heteroatoms. The molecule has 0 spiro atoms. The van der Waals surface area contributed by atoms with Crippen LogP contribution in [0.15, 0.2) is 36.4 Å². The number of pyridine rings is 1. The summed E-state index contributed by atoms with van der Waals surface area (Å²) in [5, 5.41) is 5.96. The van der Waals surface area contributed by atoms with Gasteiger partial charge in [0.2, 0.25) is 0 Å². The van der Waals surface area contributed by atoms with Crippen LogP contribution in [0, 0.1) is 13.8 Å². The maximum absolute atomic E-state index is 12.2. The number of benzene rings is 1. The highest BCUT2D eigenvalue weighted by Crippen LogP contribution is 2.15. The molecule has 0 atom stereocenters. The number of aryl methyl sites for hydroxylation is 2. The summed E-state index contributed by atoms with van der Waals surface area (Å²) in [5.74, 6) is 0.508. The van der Waals surface area contributed by atoms with Gasteiger partial charge in [0.1, 0.15) is 11.5 Å². The van der Waals surface area contributed by atoms with E-state index < -0.39 is 0 Å². The predicted octanol–water partition coefficient (Wildman–Crippen LogP) is 3.38. The third-order valence-corrected chi connectivity index (χ3v) is 3.10. The summed E-state index contributed by atoms with van der Waals surface area (Å²) in [6.45, 7) is 6.83. The molecule has 0 saturated heterocycles. The zero-order valence-corrected chi connectivity index (χ0v) is 12.0. The van der Waals surface area contributed by atoms with Crippen molar-refractivity contribution in [3.8, 4) is 0 Å². The molecule has 0 aliphatic heterocycles. The van der Waals surface area contributed by atoms with Gasteiger partial charge in [0.15, 0.2) is 0 Å². The first kappa shape index (κ1) is 14.1. The highest BCUT2D eigenvalue weighted by molar-refractivity contribution is 6.03. The molecule has 0 fully saturated rings. The van der Waals surface area contributed by atoms with Gasteiger partial charge in [-0.1, -0.05) is 12.1 Å². The SMILES string of the molecule is CCNc1cccc(C(=O)Nc2ccc(C)c(C)c2)n1. The van der Waals surface area contributed by atoms with E-state index in [1.807, 2.05) is 51.1 Å². The Labute approximate surface area is 119 Å². The minimum Gasteiger partial charge on any atom is -0.370 e. The number of anilines is 2. The van der Waals surface area contributed by atoms with Gasteiger partial charge in [-0.05, 0) is 56.2 Å². The lowest BCUT2D eigenvalue weighted by atomic mass is 10.1. The van der Waals surface area contributed by atoms with Crippen LogP contribution >= 0.6 is 0 Å². The van der Waals surface area contributed by atoms with Crippen LogP contribution in [0.2, 0.25) is 0 Å². The minimum absolute atomic E-state index is 0.201. The summed E-state index contributed by atoms with van der Waals surface area (Å²) >= 11 is 0. The molecule has 0 unspecified atom stereocenters. The molecular weight excluding hydrogens is 250 g/mol. The maximum Gasteiger partial charge on any atom is 0.274 e. The van der Waals surface area contributed by atoms with Gasteiger partial charge in [-0.15, -0.1) is 0 Å². The molecular formula is C16H19N3O. The normalized spacial score (nSPS) is 10.2. The summed E-state index contributed by atoms with van der Waals surface area (Å²) in [5.41, 5.74) is 3.54. The zero-order chi connectivity index (χ0) is 14.5. The van der Waals surface area contributed by atoms with Crippen molar-refractivity contribution in [1.82, 2.24) is 4.98 Å². The van der Waals surface area contributed by atoms with Crippen LogP contribution in [0.3, 0.4) is 0 Å². The number of carbonyl (C=O) groups excluding carboxylic acids is 1. The standard InChI is InChI=1S/C16H19N3O/c1-4-17-15-7-5-6-14(19-15)16(20)18-13-9-8-11(2)12(3)10-13/h5-10H,4H2,1-3H3,(H,17,19)(H,18,20). The lowest BCUT2D eigenvalue weighted by molar-refractivity contribution is 0.102. The molecule has 0 aliphatic rings. The minimum atomic E-state index is -0.201. The summed E-state index contributed by atoms with van der Waals surface area (Å²) in [4.78, 5) is 16.4. The van der Waals surface area contributed by atoms with Crippen molar-refractivity contribution in [3.63, 3.8) is 0 Å². The molecule has 4 nitrogen and oxygen atoms in total. The van der Waals surface area contributed by atoms with Crippen molar-refractivity contribution in [2.75, 3.05) is 17.2 Å². The highest BCUT2D eigenvalue weighted by Gasteiger charge is 2.08. The van der Waals surface area contributed by atoms with Crippen LogP contribution in [-0.4, -0.2) is 17.4 Å². The number of nitrogens with one attached hydrogen (secondary N) is 2. The average Bonchev–Trinajstić information content (AvgIpc) is 2.43. The molecule has 2 aromatic rings. The van der Waals surface area contributed by atoms with Gasteiger partial charge in [-0.25, -0.2) is 4.98 Å². The van der Waals surface area contributed by atoms with Crippen LogP contribution < -0.4 is 10.6 Å². The fourth-order valence-corrected chi connectivity index (χ4v) is 1.86. The van der Waals surface area contributed by atoms with E-state index in [0.29, 0.717) is 11.5 Å². The van der Waals surface area contributed by atoms with Crippen molar-refractivity contribution < 1.29 is 4.79 Å². The van der Waals surface area contributed by atoms with Crippen LogP contribution in [0.25, 0.3) is 0 Å². The van der Waals surface area contributed by atoms with Gasteiger partial charge >= 0.3 is 0 Å². The van der Waals surface area contributed by atoms with E-state index in [2.05, 4.69) is 15.6 Å². The summed E-state index contributed by atoms with van der Waals surface area (Å²) in [6.07, 6.45) is 0. The lowest BCUT2D eigenvalue weighted by Gasteiger charge is -2.08. The number of nitrogens with zero attached hydrogens (tertiary/aromatic N) is 1. The van der Waals surface area contributed by atoms with Gasteiger partial charge in [0, 0.05) is 12.2 Å². The topological polar surface area (TPSA) is 54.0 Å². The number of hydrogen-bond acceptors (Lipinski definition) is 3. The average molecular weight is 269 g/mol. The zero-order valence-electron chi connectivity index (χ0n) is 12.0. The van der Waals surface area contributed by atoms with E-state index in [1.165, 1.54) is 5.56 Å². The molecule has 1 aromatic heterocycles. The number of amides is 1. The monoisotopic (exact) mass is 269 g/mol. The summed E-state index contributed by atoms with van der Waals surface area (Å²) in [6, 6.07) is 11.2. The molecule has 0 radical (unpaired) electrons. The number of rotatable bonds is 4. The second kappa shape index (κ2) is 6.19. The molecule has 1 aromatic carbocycles. The van der Waals surface area contributed by atoms with E-state index in [0.717, 1.165) is 17.8 Å². The fraction of sp³-hybridized carbons (Fsp3) is 0.250. The first-order valence-electron chi connectivity index (χ1n) is 6.69. The Morgan fingerprint density at radius 3 is 2.65 bits per heavy atom. The van der Waals surface area contributed by atoms with Gasteiger partial charge in [-0.3, -0.25) is 4.79 Å². The largest absolute Gasteiger partial charge is 0.370 e. The van der Waals surface area contributed by atoms with E-state index in [1.54, 1.807) is 6.07 Å². The lowest BCUT2D eigenvalue weighted by Crippen LogP contribution is -2.14. The first-order chi connectivity index (χ1) is 9.60. The Kier molecular flexibility index (Phi) is 4.35. The van der Waals surface area contributed by atoms with Crippen LogP contribution in [0.4, 0.5) is 11.5 Å². The van der Waals surface area contributed by atoms with E-state index in [4.69, 9.17) is 0 Å². The third-order valence-electron chi connectivity index (χ3n) is 3.10. The Balaban J connectivity index is 2.15. The van der Waals surface area contributed by atoms with Crippen molar-refractivity contribution in [2.45, 2.75) is 20.8 Å². The molecule has 1 heterocycles. The van der Waals surface area contributed by atoms with Gasteiger partial charge in [0.25, 0.3) is 5.91 Å². The number of hydrogen-bond donors (Lipinski definition) is 2. The highest BCUT2D eigenvalue weighted by atomic mass is 16.1. The van der Waals surface area contributed by atoms with E-state index >= 15 is 0 Å². The Morgan fingerprint density at radius 1 is 1.15 bits per heavy atom. The Hall–Kier alpha value is -2.36. The second-order valence-electron chi connectivity index (χ2n) is 4.69. The second-order valence-corrected chi connectivity index (χ2v) is 4.69. The van der Waals surface area contributed by atoms with Gasteiger partial charge < -0.3 is 10.6 Å². The molecule has 104 valence electrons. The van der Waals surface area contributed by atoms with Crippen molar-refractivity contribution in [2.24, 2.45) is 0 Å². The Morgan fingerprint density at radius 2 is 1.95 bits per heavy atom. The van der Waals surface area contributed by atoms with Crippen molar-refractivity contribution in [3.05, 3.63) is 53.2 Å². The quantitative estimate of drug-likeness (QED) is 0.894. The number of aromatic nitrogens is 1. The summed E-state index contributed by atoms with van der Waals surface area (Å²) < 4.78 is 0. The first-order valence-corrected chi connectivity index (χ1v) is 6.69. The molecule has 0 aliphatic carbocycles. The smallest absolute Gasteiger partial charge is 0.274 e. The van der Waals surface area contributed by atoms with Crippen molar-refractivity contribution in [1.29, 1.82) is 0 Å². The third kappa shape index (κ3) is 3.35. The van der Waals surface area contributed by atoms with Crippen LogP contribution in [0.1, 0.15) is 28.5 Å². The van der Waals surface area contributed by atoms with Crippen LogP contribution in [-0.2, 0) is 0 Å². The number of carbonyl (C=O) groups is 1. The summed E-state index contributed by atoms with van der Waals surface area (Å²) in [7, 11) is 0. The van der Waals surface area contributed by atoms with Crippen molar-refractivity contribution >= 4 is 17.4 Å². The molecule has 0 bridgehead atoms. The molecule has 2 N–H and O–H groups in total. The molecule has 2 rings (SSSR count). The Bertz CT molecular complexity index is 623. The predicted molar refractivity (Wildman–Crippen MR) is 82.3 cm³/mol. The van der Waals surface area contributed by atoms with Crippen LogP contribution in [0.5, 0.6) is 0 Å². The molecule has 1 amide bonds. The van der Waals surface area contributed by atoms with E-state index in [-0.39, 0.29) is 5.91 Å². The fourth-order valence-electron chi connectivity index (χ4n) is 1.86. The maximum atomic E-state index is 12.2. The van der Waals surface area contributed by atoms with E-state index in [9.17, 15) is 4.79 Å². The van der Waals surface area contributed by atoms with Gasteiger partial charge in [0.05, 0.1) is 0 Å². The molecule has 20 heavy (non-hydrogen) atoms. The van der Waals surface area contributed by atoms with Gasteiger partial charge in [-0.2, -0.15) is 0 Å².